The SMILES string of the molecule is CNC(=O)c1ccc(Nc2nc(N)n(C(=O)Nc3ccc(C4CN(C(=O)OC(C)(C)C)C4)cc3)n2)cc1. The van der Waals surface area contributed by atoms with E-state index in [2.05, 4.69) is 26.0 Å². The molecule has 0 atom stereocenters. The van der Waals surface area contributed by atoms with Crippen molar-refractivity contribution in [1.29, 1.82) is 0 Å². The summed E-state index contributed by atoms with van der Waals surface area (Å²) in [4.78, 5) is 42.2. The average Bonchev–Trinajstić information content (AvgIpc) is 3.18. The second-order valence-electron chi connectivity index (χ2n) is 9.62. The number of likely N-dealkylation sites (tertiary alicyclic amines) is 1. The van der Waals surface area contributed by atoms with Crippen LogP contribution in [0.5, 0.6) is 0 Å². The highest BCUT2D eigenvalue weighted by molar-refractivity contribution is 5.94. The van der Waals surface area contributed by atoms with Crippen LogP contribution in [0, 0.1) is 0 Å². The van der Waals surface area contributed by atoms with Crippen LogP contribution in [0.3, 0.4) is 0 Å². The maximum atomic E-state index is 12.7. The Labute approximate surface area is 214 Å². The number of benzene rings is 2. The summed E-state index contributed by atoms with van der Waals surface area (Å²) in [7, 11) is 1.56. The molecule has 3 amide bonds. The average molecular weight is 507 g/mol. The third-order valence-electron chi connectivity index (χ3n) is 5.62. The molecule has 1 aliphatic heterocycles. The van der Waals surface area contributed by atoms with Gasteiger partial charge in [0, 0.05) is 43.0 Å². The first-order valence-corrected chi connectivity index (χ1v) is 11.7. The van der Waals surface area contributed by atoms with Crippen LogP contribution < -0.4 is 21.7 Å². The van der Waals surface area contributed by atoms with Crippen LogP contribution >= 0.6 is 0 Å². The fourth-order valence-corrected chi connectivity index (χ4v) is 3.68. The van der Waals surface area contributed by atoms with Gasteiger partial charge in [-0.1, -0.05) is 12.1 Å². The van der Waals surface area contributed by atoms with Gasteiger partial charge < -0.3 is 31.3 Å². The number of ether oxygens (including phenoxy) is 1. The molecule has 1 saturated heterocycles. The lowest BCUT2D eigenvalue weighted by Gasteiger charge is -2.40. The van der Waals surface area contributed by atoms with Crippen LogP contribution in [0.1, 0.15) is 42.6 Å². The number of hydrogen-bond acceptors (Lipinski definition) is 8. The van der Waals surface area contributed by atoms with Gasteiger partial charge in [-0.05, 0) is 62.7 Å². The van der Waals surface area contributed by atoms with Crippen molar-refractivity contribution in [3.63, 3.8) is 0 Å². The van der Waals surface area contributed by atoms with Crippen molar-refractivity contribution in [1.82, 2.24) is 25.0 Å². The molecule has 12 heteroatoms. The van der Waals surface area contributed by atoms with E-state index in [9.17, 15) is 14.4 Å². The Bertz CT molecular complexity index is 1290. The van der Waals surface area contributed by atoms with Crippen molar-refractivity contribution >= 4 is 41.3 Å². The Kier molecular flexibility index (Phi) is 7.00. The van der Waals surface area contributed by atoms with E-state index in [-0.39, 0.29) is 29.8 Å². The Hall–Kier alpha value is -4.61. The maximum absolute atomic E-state index is 12.7. The number of rotatable bonds is 5. The first-order chi connectivity index (χ1) is 17.5. The lowest BCUT2D eigenvalue weighted by atomic mass is 9.92. The van der Waals surface area contributed by atoms with E-state index in [0.29, 0.717) is 30.0 Å². The van der Waals surface area contributed by atoms with E-state index in [1.165, 1.54) is 0 Å². The largest absolute Gasteiger partial charge is 0.444 e. The van der Waals surface area contributed by atoms with Gasteiger partial charge in [-0.25, -0.2) is 9.59 Å². The standard InChI is InChI=1S/C25H30N8O4/c1-25(2,3)37-24(36)32-13-17(14-32)15-5-9-19(10-6-15)29-23(35)33-21(26)30-22(31-33)28-18-11-7-16(8-12-18)20(34)27-4/h5-12,17H,13-14H2,1-4H3,(H,27,34)(H,29,35)(H3,26,28,30,31). The van der Waals surface area contributed by atoms with Gasteiger partial charge in [-0.3, -0.25) is 4.79 Å². The van der Waals surface area contributed by atoms with Gasteiger partial charge in [0.25, 0.3) is 5.91 Å². The summed E-state index contributed by atoms with van der Waals surface area (Å²) in [6.45, 7) is 6.69. The first-order valence-electron chi connectivity index (χ1n) is 11.7. The number of nitrogens with zero attached hydrogens (tertiary/aromatic N) is 4. The lowest BCUT2D eigenvalue weighted by molar-refractivity contribution is 0.00818. The smallest absolute Gasteiger partial charge is 0.410 e. The summed E-state index contributed by atoms with van der Waals surface area (Å²) in [5.41, 5.74) is 8.13. The molecule has 5 N–H and O–H groups in total. The zero-order chi connectivity index (χ0) is 26.7. The molecular weight excluding hydrogens is 476 g/mol. The van der Waals surface area contributed by atoms with E-state index in [0.717, 1.165) is 10.2 Å². The molecule has 194 valence electrons. The number of nitrogen functional groups attached to an aromatic ring is 1. The van der Waals surface area contributed by atoms with Gasteiger partial charge in [0.05, 0.1) is 0 Å². The molecule has 3 aromatic rings. The molecule has 2 heterocycles. The van der Waals surface area contributed by atoms with Crippen LogP contribution in [0.4, 0.5) is 32.9 Å². The van der Waals surface area contributed by atoms with Crippen molar-refractivity contribution in [3.8, 4) is 0 Å². The van der Waals surface area contributed by atoms with Crippen LogP contribution in [0.25, 0.3) is 0 Å². The van der Waals surface area contributed by atoms with Crippen molar-refractivity contribution in [2.75, 3.05) is 36.5 Å². The maximum Gasteiger partial charge on any atom is 0.410 e. The molecule has 4 rings (SSSR count). The normalized spacial score (nSPS) is 13.5. The number of nitrogens with two attached hydrogens (primary N) is 1. The Morgan fingerprint density at radius 2 is 1.62 bits per heavy atom. The van der Waals surface area contributed by atoms with Gasteiger partial charge in [-0.2, -0.15) is 4.98 Å². The molecule has 0 aliphatic carbocycles. The molecule has 1 aliphatic rings. The second kappa shape index (κ2) is 10.2. The minimum Gasteiger partial charge on any atom is -0.444 e. The van der Waals surface area contributed by atoms with Gasteiger partial charge >= 0.3 is 12.1 Å². The zero-order valence-electron chi connectivity index (χ0n) is 21.1. The summed E-state index contributed by atoms with van der Waals surface area (Å²) in [6.07, 6.45) is -0.312. The number of hydrogen-bond donors (Lipinski definition) is 4. The van der Waals surface area contributed by atoms with Crippen LogP contribution in [0.2, 0.25) is 0 Å². The highest BCUT2D eigenvalue weighted by Gasteiger charge is 2.34. The molecular formula is C25H30N8O4. The molecule has 12 nitrogen and oxygen atoms in total. The third kappa shape index (κ3) is 6.15. The fourth-order valence-electron chi connectivity index (χ4n) is 3.68. The summed E-state index contributed by atoms with van der Waals surface area (Å²) in [5, 5.41) is 12.4. The number of nitrogens with one attached hydrogen (secondary N) is 3. The van der Waals surface area contributed by atoms with E-state index >= 15 is 0 Å². The van der Waals surface area contributed by atoms with Crippen molar-refractivity contribution in [2.45, 2.75) is 32.3 Å². The Balaban J connectivity index is 1.32. The van der Waals surface area contributed by atoms with Crippen molar-refractivity contribution < 1.29 is 19.1 Å². The summed E-state index contributed by atoms with van der Waals surface area (Å²) >= 11 is 0. The van der Waals surface area contributed by atoms with E-state index in [1.54, 1.807) is 48.3 Å². The molecule has 37 heavy (non-hydrogen) atoms. The number of carbonyl (C=O) groups is 3. The van der Waals surface area contributed by atoms with Crippen LogP contribution in [-0.4, -0.2) is 63.4 Å². The molecule has 0 spiro atoms. The number of anilines is 4. The van der Waals surface area contributed by atoms with Gasteiger partial charge in [-0.15, -0.1) is 9.78 Å². The topological polar surface area (TPSA) is 156 Å². The molecule has 0 unspecified atom stereocenters. The highest BCUT2D eigenvalue weighted by Crippen LogP contribution is 2.29. The van der Waals surface area contributed by atoms with E-state index in [1.807, 2.05) is 32.9 Å². The monoisotopic (exact) mass is 506 g/mol. The number of carbonyl (C=O) groups excluding carboxylic acids is 3. The zero-order valence-corrected chi connectivity index (χ0v) is 21.1. The van der Waals surface area contributed by atoms with Crippen LogP contribution in [-0.2, 0) is 4.74 Å². The number of amides is 3. The minimum atomic E-state index is -0.569. The van der Waals surface area contributed by atoms with E-state index < -0.39 is 11.6 Å². The summed E-state index contributed by atoms with van der Waals surface area (Å²) in [5.74, 6) is 0.0613. The lowest BCUT2D eigenvalue weighted by Crippen LogP contribution is -2.50. The van der Waals surface area contributed by atoms with Gasteiger partial charge in [0.1, 0.15) is 5.60 Å². The van der Waals surface area contributed by atoms with Gasteiger partial charge in [0.2, 0.25) is 11.9 Å². The van der Waals surface area contributed by atoms with Crippen molar-refractivity contribution in [3.05, 3.63) is 59.7 Å². The number of aromatic nitrogens is 3. The summed E-state index contributed by atoms with van der Waals surface area (Å²) < 4.78 is 6.35. The molecule has 1 fully saturated rings. The summed E-state index contributed by atoms with van der Waals surface area (Å²) in [6, 6.07) is 13.5. The third-order valence-corrected chi connectivity index (χ3v) is 5.62. The first kappa shape index (κ1) is 25.5. The molecule has 0 saturated carbocycles. The van der Waals surface area contributed by atoms with Crippen LogP contribution in [0.15, 0.2) is 48.5 Å². The van der Waals surface area contributed by atoms with Gasteiger partial charge in [0.15, 0.2) is 0 Å². The minimum absolute atomic E-state index is 0.0877. The van der Waals surface area contributed by atoms with Crippen molar-refractivity contribution in [2.24, 2.45) is 0 Å². The molecule has 0 bridgehead atoms. The molecule has 1 aromatic heterocycles. The predicted molar refractivity (Wildman–Crippen MR) is 139 cm³/mol. The quantitative estimate of drug-likeness (QED) is 0.410. The Morgan fingerprint density at radius 1 is 1.00 bits per heavy atom. The molecule has 0 radical (unpaired) electrons. The molecule has 2 aromatic carbocycles. The van der Waals surface area contributed by atoms with E-state index in [4.69, 9.17) is 10.5 Å². The predicted octanol–water partition coefficient (Wildman–Crippen LogP) is 3.38. The highest BCUT2D eigenvalue weighted by atomic mass is 16.6. The fraction of sp³-hybridized carbons (Fsp3) is 0.320. The second-order valence-corrected chi connectivity index (χ2v) is 9.62. The Morgan fingerprint density at radius 3 is 2.22 bits per heavy atom.